The zero-order valence-electron chi connectivity index (χ0n) is 14.4. The summed E-state index contributed by atoms with van der Waals surface area (Å²) in [7, 11) is 1.72. The molecular weight excluding hydrogens is 260 g/mol. The fourth-order valence-electron chi connectivity index (χ4n) is 2.32. The van der Waals surface area contributed by atoms with Gasteiger partial charge in [0.1, 0.15) is 5.75 Å². The second-order valence-corrected chi connectivity index (χ2v) is 6.55. The van der Waals surface area contributed by atoms with E-state index in [0.29, 0.717) is 18.4 Å². The van der Waals surface area contributed by atoms with Crippen molar-refractivity contribution in [2.45, 2.75) is 47.1 Å². The molecule has 1 rings (SSSR count). The Morgan fingerprint density at radius 3 is 2.05 bits per heavy atom. The van der Waals surface area contributed by atoms with Gasteiger partial charge in [0.15, 0.2) is 0 Å². The van der Waals surface area contributed by atoms with Gasteiger partial charge >= 0.3 is 0 Å². The van der Waals surface area contributed by atoms with E-state index in [2.05, 4.69) is 44.7 Å². The van der Waals surface area contributed by atoms with Gasteiger partial charge < -0.3 is 15.4 Å². The number of anilines is 1. The smallest absolute Gasteiger partial charge is 0.120 e. The van der Waals surface area contributed by atoms with Crippen LogP contribution in [0.1, 0.15) is 46.1 Å². The Morgan fingerprint density at radius 2 is 1.62 bits per heavy atom. The summed E-state index contributed by atoms with van der Waals surface area (Å²) < 4.78 is 5.39. The van der Waals surface area contributed by atoms with Crippen molar-refractivity contribution in [2.75, 3.05) is 25.1 Å². The van der Waals surface area contributed by atoms with Crippen molar-refractivity contribution in [1.29, 1.82) is 0 Å². The zero-order valence-corrected chi connectivity index (χ0v) is 14.4. The summed E-state index contributed by atoms with van der Waals surface area (Å²) in [4.78, 5) is 2.48. The van der Waals surface area contributed by atoms with Crippen LogP contribution >= 0.6 is 0 Å². The highest BCUT2D eigenvalue weighted by Gasteiger charge is 2.13. The quantitative estimate of drug-likeness (QED) is 0.746. The molecule has 0 unspecified atom stereocenters. The molecule has 0 fully saturated rings. The molecular formula is C18H32N2O. The molecule has 0 bridgehead atoms. The molecule has 21 heavy (non-hydrogen) atoms. The minimum atomic E-state index is 0.569. The average Bonchev–Trinajstić information content (AvgIpc) is 2.46. The molecule has 3 nitrogen and oxygen atoms in total. The summed E-state index contributed by atoms with van der Waals surface area (Å²) in [5.41, 5.74) is 8.36. The van der Waals surface area contributed by atoms with Gasteiger partial charge in [-0.25, -0.2) is 0 Å². The zero-order chi connectivity index (χ0) is 15.8. The highest BCUT2D eigenvalue weighted by Crippen LogP contribution is 2.27. The third-order valence-electron chi connectivity index (χ3n) is 3.81. The maximum absolute atomic E-state index is 5.92. The standard InChI is InChI=1S/C18H32N2O/c1-14(2)8-10-20(11-9-15(3)4)18-12-17(21-5)7-6-16(18)13-19/h6-7,12,14-15H,8-11,13,19H2,1-5H3. The van der Waals surface area contributed by atoms with Crippen LogP contribution in [-0.4, -0.2) is 20.2 Å². The fourth-order valence-corrected chi connectivity index (χ4v) is 2.32. The van der Waals surface area contributed by atoms with Crippen LogP contribution in [0.3, 0.4) is 0 Å². The maximum Gasteiger partial charge on any atom is 0.120 e. The Bertz CT molecular complexity index is 404. The number of hydrogen-bond donors (Lipinski definition) is 1. The first-order valence-electron chi connectivity index (χ1n) is 8.09. The fraction of sp³-hybridized carbons (Fsp3) is 0.667. The van der Waals surface area contributed by atoms with E-state index < -0.39 is 0 Å². The van der Waals surface area contributed by atoms with Crippen LogP contribution in [0.15, 0.2) is 18.2 Å². The molecule has 0 saturated heterocycles. The summed E-state index contributed by atoms with van der Waals surface area (Å²) in [5.74, 6) is 2.32. The van der Waals surface area contributed by atoms with E-state index in [-0.39, 0.29) is 0 Å². The molecule has 0 atom stereocenters. The second-order valence-electron chi connectivity index (χ2n) is 6.55. The highest BCUT2D eigenvalue weighted by molar-refractivity contribution is 5.57. The summed E-state index contributed by atoms with van der Waals surface area (Å²) in [6.07, 6.45) is 2.39. The molecule has 0 amide bonds. The summed E-state index contributed by atoms with van der Waals surface area (Å²) >= 11 is 0. The molecule has 3 heteroatoms. The largest absolute Gasteiger partial charge is 0.497 e. The van der Waals surface area contributed by atoms with E-state index in [1.807, 2.05) is 6.07 Å². The number of rotatable bonds is 9. The Balaban J connectivity index is 2.98. The first-order valence-corrected chi connectivity index (χ1v) is 8.09. The van der Waals surface area contributed by atoms with Crippen molar-refractivity contribution in [2.24, 2.45) is 17.6 Å². The van der Waals surface area contributed by atoms with Gasteiger partial charge in [0.25, 0.3) is 0 Å². The third-order valence-corrected chi connectivity index (χ3v) is 3.81. The topological polar surface area (TPSA) is 38.5 Å². The molecule has 0 heterocycles. The van der Waals surface area contributed by atoms with Crippen LogP contribution < -0.4 is 15.4 Å². The maximum atomic E-state index is 5.92. The van der Waals surface area contributed by atoms with Crippen LogP contribution in [0.2, 0.25) is 0 Å². The lowest BCUT2D eigenvalue weighted by Crippen LogP contribution is -2.29. The van der Waals surface area contributed by atoms with Gasteiger partial charge in [-0.1, -0.05) is 33.8 Å². The van der Waals surface area contributed by atoms with E-state index in [1.165, 1.54) is 24.1 Å². The highest BCUT2D eigenvalue weighted by atomic mass is 16.5. The lowest BCUT2D eigenvalue weighted by molar-refractivity contribution is 0.414. The second kappa shape index (κ2) is 8.93. The van der Waals surface area contributed by atoms with Gasteiger partial charge in [0.2, 0.25) is 0 Å². The van der Waals surface area contributed by atoms with E-state index in [9.17, 15) is 0 Å². The van der Waals surface area contributed by atoms with Crippen LogP contribution in [0.5, 0.6) is 5.75 Å². The molecule has 1 aromatic carbocycles. The van der Waals surface area contributed by atoms with Gasteiger partial charge in [-0.15, -0.1) is 0 Å². The Labute approximate surface area is 130 Å². The van der Waals surface area contributed by atoms with Crippen LogP contribution in [-0.2, 0) is 6.54 Å². The monoisotopic (exact) mass is 292 g/mol. The number of nitrogens with zero attached hydrogens (tertiary/aromatic N) is 1. The first kappa shape index (κ1) is 17.8. The van der Waals surface area contributed by atoms with Crippen molar-refractivity contribution < 1.29 is 4.74 Å². The van der Waals surface area contributed by atoms with E-state index in [0.717, 1.165) is 18.8 Å². The number of nitrogens with two attached hydrogens (primary N) is 1. The normalized spacial score (nSPS) is 11.2. The predicted molar refractivity (Wildman–Crippen MR) is 92.0 cm³/mol. The molecule has 120 valence electrons. The van der Waals surface area contributed by atoms with Gasteiger partial charge in [-0.3, -0.25) is 0 Å². The predicted octanol–water partition coefficient (Wildman–Crippen LogP) is 4.05. The number of methoxy groups -OCH3 is 1. The van der Waals surface area contributed by atoms with Gasteiger partial charge in [-0.2, -0.15) is 0 Å². The van der Waals surface area contributed by atoms with Crippen molar-refractivity contribution in [3.05, 3.63) is 23.8 Å². The number of benzene rings is 1. The number of ether oxygens (including phenoxy) is 1. The van der Waals surface area contributed by atoms with E-state index in [1.54, 1.807) is 7.11 Å². The van der Waals surface area contributed by atoms with Crippen LogP contribution in [0.4, 0.5) is 5.69 Å². The van der Waals surface area contributed by atoms with Crippen molar-refractivity contribution in [1.82, 2.24) is 0 Å². The minimum absolute atomic E-state index is 0.569. The minimum Gasteiger partial charge on any atom is -0.497 e. The molecule has 2 N–H and O–H groups in total. The SMILES string of the molecule is COc1ccc(CN)c(N(CCC(C)C)CCC(C)C)c1. The molecule has 0 spiro atoms. The summed E-state index contributed by atoms with van der Waals surface area (Å²) in [6, 6.07) is 6.21. The molecule has 1 aromatic rings. The van der Waals surface area contributed by atoms with Crippen molar-refractivity contribution in [3.8, 4) is 5.75 Å². The lowest BCUT2D eigenvalue weighted by Gasteiger charge is -2.29. The van der Waals surface area contributed by atoms with Gasteiger partial charge in [-0.05, 0) is 36.3 Å². The number of hydrogen-bond acceptors (Lipinski definition) is 3. The molecule has 0 aliphatic heterocycles. The van der Waals surface area contributed by atoms with Gasteiger partial charge in [0.05, 0.1) is 7.11 Å². The average molecular weight is 292 g/mol. The molecule has 0 aliphatic carbocycles. The summed E-state index contributed by atoms with van der Waals surface area (Å²) in [5, 5.41) is 0. The molecule has 0 aliphatic rings. The van der Waals surface area contributed by atoms with Crippen LogP contribution in [0, 0.1) is 11.8 Å². The Hall–Kier alpha value is -1.22. The van der Waals surface area contributed by atoms with Crippen LogP contribution in [0.25, 0.3) is 0 Å². The van der Waals surface area contributed by atoms with Gasteiger partial charge in [0, 0.05) is 31.4 Å². The molecule has 0 aromatic heterocycles. The van der Waals surface area contributed by atoms with E-state index in [4.69, 9.17) is 10.5 Å². The summed E-state index contributed by atoms with van der Waals surface area (Å²) in [6.45, 7) is 11.8. The lowest BCUT2D eigenvalue weighted by atomic mass is 10.1. The Kier molecular flexibility index (Phi) is 7.58. The third kappa shape index (κ3) is 5.96. The Morgan fingerprint density at radius 1 is 1.05 bits per heavy atom. The van der Waals surface area contributed by atoms with E-state index >= 15 is 0 Å². The first-order chi connectivity index (χ1) is 9.97. The van der Waals surface area contributed by atoms with Crippen molar-refractivity contribution in [3.63, 3.8) is 0 Å². The van der Waals surface area contributed by atoms with Crippen molar-refractivity contribution >= 4 is 5.69 Å². The molecule has 0 saturated carbocycles. The molecule has 0 radical (unpaired) electrons.